The molecular weight excluding hydrogens is 678 g/mol. The number of carboxylic acids is 1. The zero-order valence-corrected chi connectivity index (χ0v) is 32.3. The molecule has 17 heteroatoms. The van der Waals surface area contributed by atoms with Gasteiger partial charge in [0.25, 0.3) is 0 Å². The maximum atomic E-state index is 13.9. The smallest absolute Gasteiger partial charge is 0.550 e. The molecule has 4 aromatic heterocycles. The van der Waals surface area contributed by atoms with E-state index in [2.05, 4.69) is 48.6 Å². The van der Waals surface area contributed by atoms with Gasteiger partial charge < -0.3 is 34.2 Å². The number of nitrogens with zero attached hydrogens (tertiary/aromatic N) is 8. The second kappa shape index (κ2) is 16.4. The van der Waals surface area contributed by atoms with Gasteiger partial charge in [-0.25, -0.2) is 24.9 Å². The summed E-state index contributed by atoms with van der Waals surface area (Å²) < 4.78 is 52.4. The first-order valence-corrected chi connectivity index (χ1v) is 16.4. The molecule has 1 fully saturated rings. The first kappa shape index (κ1) is 40.2. The Morgan fingerprint density at radius 3 is 2.35 bits per heavy atom. The van der Waals surface area contributed by atoms with E-state index >= 15 is 0 Å². The molecule has 4 aromatic rings. The van der Waals surface area contributed by atoms with Crippen LogP contribution in [-0.4, -0.2) is 106 Å². The van der Waals surface area contributed by atoms with Gasteiger partial charge in [0.1, 0.15) is 22.7 Å². The summed E-state index contributed by atoms with van der Waals surface area (Å²) >= 11 is 0. The van der Waals surface area contributed by atoms with Crippen LogP contribution in [-0.2, 0) is 15.7 Å². The summed E-state index contributed by atoms with van der Waals surface area (Å²) in [5.74, 6) is -0.157. The molecule has 51 heavy (non-hydrogen) atoms. The number of hydrogen-bond donors (Lipinski definition) is 1. The molecule has 13 nitrogen and oxygen atoms in total. The third-order valence-electron chi connectivity index (χ3n) is 8.61. The Balaban J connectivity index is 0.00000583. The van der Waals surface area contributed by atoms with Gasteiger partial charge in [0.15, 0.2) is 11.5 Å². The van der Waals surface area contributed by atoms with Gasteiger partial charge in [0.2, 0.25) is 5.88 Å². The summed E-state index contributed by atoms with van der Waals surface area (Å²) in [4.78, 5) is 43.0. The SMILES string of the molecule is CCOc1cc(-c2cc(N(C)CC(C)(C)COC)c3[nH]c(-c4cnc(N5C[C@@H](C)N(CCC(=O)[O-])[C@@H](C)C5)cn4)nc3n2)cc(C(F)(F)F)n1.[Na+]. The summed E-state index contributed by atoms with van der Waals surface area (Å²) in [5.41, 5.74) is 1.08. The zero-order valence-electron chi connectivity index (χ0n) is 30.3. The van der Waals surface area contributed by atoms with E-state index in [4.69, 9.17) is 14.5 Å². The normalized spacial score (nSPS) is 17.0. The van der Waals surface area contributed by atoms with E-state index in [9.17, 15) is 23.1 Å². The van der Waals surface area contributed by atoms with Crippen LogP contribution in [0.1, 0.15) is 46.7 Å². The van der Waals surface area contributed by atoms with Crippen molar-refractivity contribution in [1.29, 1.82) is 0 Å². The number of rotatable bonds is 13. The number of carbonyl (C=O) groups excluding carboxylic acids is 1. The van der Waals surface area contributed by atoms with Crippen molar-refractivity contribution in [3.05, 3.63) is 36.3 Å². The molecule has 270 valence electrons. The van der Waals surface area contributed by atoms with E-state index in [0.717, 1.165) is 6.07 Å². The van der Waals surface area contributed by atoms with E-state index in [1.54, 1.807) is 32.5 Å². The fraction of sp³-hybridized carbons (Fsp3) is 0.529. The molecule has 0 radical (unpaired) electrons. The first-order chi connectivity index (χ1) is 23.6. The first-order valence-electron chi connectivity index (χ1n) is 16.4. The molecule has 1 saturated heterocycles. The number of methoxy groups -OCH3 is 1. The van der Waals surface area contributed by atoms with Crippen molar-refractivity contribution >= 4 is 28.6 Å². The second-order valence-electron chi connectivity index (χ2n) is 13.5. The fourth-order valence-electron chi connectivity index (χ4n) is 6.54. The number of alkyl halides is 3. The van der Waals surface area contributed by atoms with Gasteiger partial charge in [0.05, 0.1) is 37.0 Å². The predicted octanol–water partition coefficient (Wildman–Crippen LogP) is 1.05. The van der Waals surface area contributed by atoms with E-state index in [0.29, 0.717) is 61.3 Å². The van der Waals surface area contributed by atoms with Crippen LogP contribution in [0.4, 0.5) is 24.7 Å². The number of aromatic nitrogens is 6. The van der Waals surface area contributed by atoms with Gasteiger partial charge in [-0.1, -0.05) is 13.8 Å². The van der Waals surface area contributed by atoms with Crippen molar-refractivity contribution < 1.29 is 62.1 Å². The number of aliphatic carboxylic acids is 1. The van der Waals surface area contributed by atoms with Gasteiger partial charge in [0, 0.05) is 75.4 Å². The number of aromatic amines is 1. The molecule has 0 spiro atoms. The molecule has 1 N–H and O–H groups in total. The molecule has 0 amide bonds. The van der Waals surface area contributed by atoms with Crippen LogP contribution in [0.5, 0.6) is 5.88 Å². The summed E-state index contributed by atoms with van der Waals surface area (Å²) in [6.07, 6.45) is -1.43. The largest absolute Gasteiger partial charge is 1.00 e. The molecule has 0 saturated carbocycles. The fourth-order valence-corrected chi connectivity index (χ4v) is 6.54. The van der Waals surface area contributed by atoms with Crippen LogP contribution in [0.2, 0.25) is 0 Å². The average molecular weight is 722 g/mol. The van der Waals surface area contributed by atoms with Gasteiger partial charge >= 0.3 is 35.7 Å². The van der Waals surface area contributed by atoms with Gasteiger partial charge in [-0.15, -0.1) is 0 Å². The van der Waals surface area contributed by atoms with Crippen molar-refractivity contribution in [1.82, 2.24) is 34.8 Å². The number of carboxylic acid groups (broad SMARTS) is 1. The number of anilines is 2. The Morgan fingerprint density at radius 1 is 1.06 bits per heavy atom. The molecular formula is C34H43F3N9NaO4. The number of piperazine rings is 1. The number of hydrogen-bond acceptors (Lipinski definition) is 12. The van der Waals surface area contributed by atoms with Crippen LogP contribution in [0.3, 0.4) is 0 Å². The Hall–Kier alpha value is -3.57. The third-order valence-corrected chi connectivity index (χ3v) is 8.61. The van der Waals surface area contributed by atoms with Gasteiger partial charge in [-0.2, -0.15) is 13.2 Å². The molecule has 1 aliphatic heterocycles. The number of H-pyrrole nitrogens is 1. The summed E-state index contributed by atoms with van der Waals surface area (Å²) in [5, 5.41) is 11.0. The van der Waals surface area contributed by atoms with Crippen LogP contribution in [0, 0.1) is 5.41 Å². The number of fused-ring (bicyclic) bond motifs is 1. The molecule has 2 atom stereocenters. The Kier molecular flexibility index (Phi) is 12.9. The summed E-state index contributed by atoms with van der Waals surface area (Å²) in [6, 6.07) is 4.31. The number of nitrogens with one attached hydrogen (secondary N) is 1. The Labute approximate surface area is 317 Å². The third kappa shape index (κ3) is 9.66. The quantitative estimate of drug-likeness (QED) is 0.197. The number of carbonyl (C=O) groups is 1. The number of ether oxygens (including phenoxy) is 2. The van der Waals surface area contributed by atoms with Crippen molar-refractivity contribution in [2.24, 2.45) is 5.41 Å². The monoisotopic (exact) mass is 721 g/mol. The number of imidazole rings is 1. The minimum absolute atomic E-state index is 0. The molecule has 5 heterocycles. The summed E-state index contributed by atoms with van der Waals surface area (Å²) in [6.45, 7) is 12.8. The zero-order chi connectivity index (χ0) is 36.4. The van der Waals surface area contributed by atoms with E-state index in [1.807, 2.05) is 25.8 Å². The van der Waals surface area contributed by atoms with Crippen LogP contribution in [0.25, 0.3) is 33.9 Å². The van der Waals surface area contributed by atoms with E-state index in [-0.39, 0.29) is 82.9 Å². The standard InChI is InChI=1S/C34H44F3N9O4.Na/c1-8-50-28-12-22(11-26(41-28)34(35,36)37)23-13-25(44(6)18-33(4,5)19-49-7)30-32(40-23)43-31(42-30)24-14-39-27(15-38-24)45-16-20(2)46(21(3)17-45)10-9-29(47)48;/h11-15,20-21H,8-10,16-19H2,1-7H3,(H,47,48)(H,40,42,43);/q;+1/p-1/t20-,21+;. The van der Waals surface area contributed by atoms with Crippen molar-refractivity contribution in [2.75, 3.05) is 63.4 Å². The minimum atomic E-state index is -4.69. The van der Waals surface area contributed by atoms with Crippen LogP contribution >= 0.6 is 0 Å². The second-order valence-corrected chi connectivity index (χ2v) is 13.5. The molecule has 0 aliphatic carbocycles. The predicted molar refractivity (Wildman–Crippen MR) is 181 cm³/mol. The van der Waals surface area contributed by atoms with Crippen molar-refractivity contribution in [3.8, 4) is 28.7 Å². The van der Waals surface area contributed by atoms with Crippen molar-refractivity contribution in [3.63, 3.8) is 0 Å². The summed E-state index contributed by atoms with van der Waals surface area (Å²) in [7, 11) is 3.53. The topological polar surface area (TPSA) is 149 Å². The van der Waals surface area contributed by atoms with E-state index in [1.165, 1.54) is 6.07 Å². The maximum Gasteiger partial charge on any atom is 1.00 e. The minimum Gasteiger partial charge on any atom is -0.550 e. The number of pyridine rings is 2. The molecule has 0 aromatic carbocycles. The van der Waals surface area contributed by atoms with Gasteiger partial charge in [-0.3, -0.25) is 4.90 Å². The number of halogens is 3. The maximum absolute atomic E-state index is 13.9. The molecule has 0 bridgehead atoms. The van der Waals surface area contributed by atoms with Crippen LogP contribution in [0.15, 0.2) is 30.6 Å². The molecule has 5 rings (SSSR count). The Bertz CT molecular complexity index is 1790. The average Bonchev–Trinajstić information content (AvgIpc) is 3.47. The van der Waals surface area contributed by atoms with Crippen molar-refractivity contribution in [2.45, 2.75) is 59.3 Å². The Morgan fingerprint density at radius 2 is 1.76 bits per heavy atom. The molecule has 1 aliphatic rings. The van der Waals surface area contributed by atoms with Crippen LogP contribution < -0.4 is 49.2 Å². The van der Waals surface area contributed by atoms with Gasteiger partial charge in [-0.05, 0) is 39.3 Å². The van der Waals surface area contributed by atoms with E-state index < -0.39 is 17.8 Å². The molecule has 0 unspecified atom stereocenters.